The Morgan fingerprint density at radius 3 is 2.56 bits per heavy atom. The molecular weight excluding hydrogens is 232 g/mol. The van der Waals surface area contributed by atoms with Crippen LogP contribution in [0.4, 0.5) is 11.4 Å². The van der Waals surface area contributed by atoms with Crippen LogP contribution < -0.4 is 10.6 Å². The molecule has 0 spiro atoms. The van der Waals surface area contributed by atoms with Crippen molar-refractivity contribution in [3.05, 3.63) is 23.8 Å². The highest BCUT2D eigenvalue weighted by molar-refractivity contribution is 5.90. The van der Waals surface area contributed by atoms with E-state index in [-0.39, 0.29) is 5.56 Å². The highest BCUT2D eigenvalue weighted by Crippen LogP contribution is 2.32. The summed E-state index contributed by atoms with van der Waals surface area (Å²) in [5.74, 6) is -0.949. The molecule has 18 heavy (non-hydrogen) atoms. The summed E-state index contributed by atoms with van der Waals surface area (Å²) in [6.07, 6.45) is 2.80. The molecule has 0 aromatic heterocycles. The summed E-state index contributed by atoms with van der Waals surface area (Å²) in [5, 5.41) is 8.92. The predicted octanol–water partition coefficient (Wildman–Crippen LogP) is 1.33. The van der Waals surface area contributed by atoms with Gasteiger partial charge in [0.2, 0.25) is 0 Å². The molecule has 0 saturated carbocycles. The van der Waals surface area contributed by atoms with Gasteiger partial charge in [0.15, 0.2) is 0 Å². The van der Waals surface area contributed by atoms with Crippen molar-refractivity contribution < 1.29 is 14.6 Å². The van der Waals surface area contributed by atoms with Gasteiger partial charge in [-0.3, -0.25) is 0 Å². The normalized spacial score (nSPS) is 26.3. The average Bonchev–Trinajstić information content (AvgIpc) is 2.68. The minimum absolute atomic E-state index is 0.229. The number of benzene rings is 1. The number of nitrogens with zero attached hydrogens (tertiary/aromatic N) is 1. The van der Waals surface area contributed by atoms with Gasteiger partial charge in [-0.15, -0.1) is 0 Å². The summed E-state index contributed by atoms with van der Waals surface area (Å²) < 4.78 is 5.77. The Balaban J connectivity index is 1.86. The topological polar surface area (TPSA) is 75.8 Å². The van der Waals surface area contributed by atoms with Crippen LogP contribution in [0, 0.1) is 0 Å². The summed E-state index contributed by atoms with van der Waals surface area (Å²) in [6, 6.07) is 4.92. The summed E-state index contributed by atoms with van der Waals surface area (Å²) in [6.45, 7) is 1.68. The predicted molar refractivity (Wildman–Crippen MR) is 67.9 cm³/mol. The molecule has 2 fully saturated rings. The molecule has 0 amide bonds. The minimum atomic E-state index is -0.949. The molecule has 2 aliphatic rings. The quantitative estimate of drug-likeness (QED) is 0.772. The second-order valence-corrected chi connectivity index (χ2v) is 4.94. The first-order valence-corrected chi connectivity index (χ1v) is 6.16. The Bertz CT molecular complexity index is 477. The minimum Gasteiger partial charge on any atom is -0.478 e. The Labute approximate surface area is 105 Å². The number of ether oxygens (including phenoxy) is 1. The average molecular weight is 248 g/mol. The molecule has 0 aliphatic carbocycles. The van der Waals surface area contributed by atoms with Crippen molar-refractivity contribution in [1.29, 1.82) is 0 Å². The molecule has 1 aromatic carbocycles. The summed E-state index contributed by atoms with van der Waals surface area (Å²) in [5.41, 5.74) is 7.63. The zero-order valence-electron chi connectivity index (χ0n) is 10.0. The van der Waals surface area contributed by atoms with E-state index in [9.17, 15) is 4.79 Å². The van der Waals surface area contributed by atoms with E-state index in [2.05, 4.69) is 4.90 Å². The molecule has 5 heteroatoms. The maximum atomic E-state index is 10.9. The SMILES string of the molecule is Nc1cc(C(=O)O)ccc1N1CC2CCC(C1)O2. The van der Waals surface area contributed by atoms with E-state index in [0.29, 0.717) is 17.9 Å². The van der Waals surface area contributed by atoms with E-state index < -0.39 is 5.97 Å². The molecule has 2 atom stereocenters. The van der Waals surface area contributed by atoms with Crippen LogP contribution in [0.15, 0.2) is 18.2 Å². The van der Waals surface area contributed by atoms with Crippen molar-refractivity contribution in [2.24, 2.45) is 0 Å². The monoisotopic (exact) mass is 248 g/mol. The lowest BCUT2D eigenvalue weighted by molar-refractivity contribution is 0.0305. The maximum Gasteiger partial charge on any atom is 0.335 e. The number of aromatic carboxylic acids is 1. The van der Waals surface area contributed by atoms with Gasteiger partial charge >= 0.3 is 5.97 Å². The Morgan fingerprint density at radius 2 is 2.00 bits per heavy atom. The van der Waals surface area contributed by atoms with E-state index in [0.717, 1.165) is 31.6 Å². The van der Waals surface area contributed by atoms with Gasteiger partial charge < -0.3 is 20.5 Å². The molecule has 0 radical (unpaired) electrons. The van der Waals surface area contributed by atoms with Crippen LogP contribution in [0.5, 0.6) is 0 Å². The van der Waals surface area contributed by atoms with Crippen LogP contribution in [-0.2, 0) is 4.74 Å². The lowest BCUT2D eigenvalue weighted by Crippen LogP contribution is -2.42. The molecule has 96 valence electrons. The lowest BCUT2D eigenvalue weighted by atomic mass is 10.1. The number of hydrogen-bond acceptors (Lipinski definition) is 4. The summed E-state index contributed by atoms with van der Waals surface area (Å²) >= 11 is 0. The molecular formula is C13H16N2O3. The third-order valence-corrected chi connectivity index (χ3v) is 3.66. The second-order valence-electron chi connectivity index (χ2n) is 4.94. The standard InChI is InChI=1S/C13H16N2O3/c14-11-5-8(13(16)17)1-4-12(11)15-6-9-2-3-10(7-15)18-9/h1,4-5,9-10H,2-3,6-7,14H2,(H,16,17). The van der Waals surface area contributed by atoms with Gasteiger partial charge in [0, 0.05) is 13.1 Å². The number of carboxylic acid groups (broad SMARTS) is 1. The van der Waals surface area contributed by atoms with E-state index in [1.807, 2.05) is 0 Å². The zero-order chi connectivity index (χ0) is 12.7. The van der Waals surface area contributed by atoms with Crippen LogP contribution >= 0.6 is 0 Å². The fourth-order valence-corrected chi connectivity index (χ4v) is 2.79. The molecule has 1 aromatic rings. The Kier molecular flexibility index (Phi) is 2.63. The van der Waals surface area contributed by atoms with E-state index in [4.69, 9.17) is 15.6 Å². The second kappa shape index (κ2) is 4.17. The van der Waals surface area contributed by atoms with Gasteiger partial charge in [-0.1, -0.05) is 0 Å². The first kappa shape index (κ1) is 11.3. The van der Waals surface area contributed by atoms with Crippen molar-refractivity contribution in [2.75, 3.05) is 23.7 Å². The Morgan fingerprint density at radius 1 is 1.33 bits per heavy atom. The van der Waals surface area contributed by atoms with Gasteiger partial charge in [-0.25, -0.2) is 4.79 Å². The molecule has 3 N–H and O–H groups in total. The van der Waals surface area contributed by atoms with Crippen LogP contribution in [0.2, 0.25) is 0 Å². The number of hydrogen-bond donors (Lipinski definition) is 2. The van der Waals surface area contributed by atoms with Crippen LogP contribution in [0.1, 0.15) is 23.2 Å². The van der Waals surface area contributed by atoms with Gasteiger partial charge in [-0.05, 0) is 31.0 Å². The van der Waals surface area contributed by atoms with Crippen molar-refractivity contribution in [3.63, 3.8) is 0 Å². The lowest BCUT2D eigenvalue weighted by Gasteiger charge is -2.34. The number of carbonyl (C=O) groups is 1. The first-order chi connectivity index (χ1) is 8.63. The fraction of sp³-hybridized carbons (Fsp3) is 0.462. The molecule has 2 aliphatic heterocycles. The van der Waals surface area contributed by atoms with Gasteiger partial charge in [0.05, 0.1) is 29.1 Å². The first-order valence-electron chi connectivity index (χ1n) is 6.16. The van der Waals surface area contributed by atoms with E-state index in [1.165, 1.54) is 6.07 Å². The van der Waals surface area contributed by atoms with Crippen LogP contribution in [-0.4, -0.2) is 36.4 Å². The summed E-state index contributed by atoms with van der Waals surface area (Å²) in [4.78, 5) is 13.1. The number of rotatable bonds is 2. The number of fused-ring (bicyclic) bond motifs is 2. The van der Waals surface area contributed by atoms with Gasteiger partial charge in [0.25, 0.3) is 0 Å². The number of morpholine rings is 1. The number of nitrogen functional groups attached to an aromatic ring is 1. The molecule has 2 unspecified atom stereocenters. The van der Waals surface area contributed by atoms with E-state index >= 15 is 0 Å². The highest BCUT2D eigenvalue weighted by atomic mass is 16.5. The zero-order valence-corrected chi connectivity index (χ0v) is 10.0. The molecule has 2 saturated heterocycles. The summed E-state index contributed by atoms with van der Waals surface area (Å²) in [7, 11) is 0. The molecule has 2 bridgehead atoms. The maximum absolute atomic E-state index is 10.9. The number of anilines is 2. The largest absolute Gasteiger partial charge is 0.478 e. The van der Waals surface area contributed by atoms with Crippen molar-refractivity contribution in [2.45, 2.75) is 25.0 Å². The van der Waals surface area contributed by atoms with Gasteiger partial charge in [-0.2, -0.15) is 0 Å². The number of nitrogens with two attached hydrogens (primary N) is 1. The molecule has 5 nitrogen and oxygen atoms in total. The molecule has 3 rings (SSSR count). The van der Waals surface area contributed by atoms with Crippen LogP contribution in [0.3, 0.4) is 0 Å². The van der Waals surface area contributed by atoms with E-state index in [1.54, 1.807) is 12.1 Å². The molecule has 2 heterocycles. The third kappa shape index (κ3) is 1.90. The van der Waals surface area contributed by atoms with Crippen molar-refractivity contribution in [1.82, 2.24) is 0 Å². The highest BCUT2D eigenvalue weighted by Gasteiger charge is 2.34. The number of carboxylic acids is 1. The van der Waals surface area contributed by atoms with Gasteiger partial charge in [0.1, 0.15) is 0 Å². The Hall–Kier alpha value is -1.75. The van der Waals surface area contributed by atoms with Crippen molar-refractivity contribution >= 4 is 17.3 Å². The van der Waals surface area contributed by atoms with Crippen LogP contribution in [0.25, 0.3) is 0 Å². The smallest absolute Gasteiger partial charge is 0.335 e. The van der Waals surface area contributed by atoms with Crippen molar-refractivity contribution in [3.8, 4) is 0 Å². The fourth-order valence-electron chi connectivity index (χ4n) is 2.79. The third-order valence-electron chi connectivity index (χ3n) is 3.66.